The Morgan fingerprint density at radius 2 is 2.26 bits per heavy atom. The molecular weight excluding hydrogens is 242 g/mol. The Morgan fingerprint density at radius 1 is 1.47 bits per heavy atom. The summed E-state index contributed by atoms with van der Waals surface area (Å²) in [4.78, 5) is 10.1. The van der Waals surface area contributed by atoms with Gasteiger partial charge in [0.15, 0.2) is 0 Å². The lowest BCUT2D eigenvalue weighted by Crippen LogP contribution is -2.54. The first kappa shape index (κ1) is 12.4. The summed E-state index contributed by atoms with van der Waals surface area (Å²) in [5.74, 6) is 0.844. The smallest absolute Gasteiger partial charge is 0.204 e. The number of aromatic nitrogens is 2. The van der Waals surface area contributed by atoms with Crippen molar-refractivity contribution in [1.82, 2.24) is 9.97 Å². The van der Waals surface area contributed by atoms with E-state index in [-0.39, 0.29) is 18.3 Å². The van der Waals surface area contributed by atoms with Crippen LogP contribution in [0.3, 0.4) is 0 Å². The predicted octanol–water partition coefficient (Wildman–Crippen LogP) is 1.54. The van der Waals surface area contributed by atoms with E-state index in [9.17, 15) is 5.11 Å². The van der Waals surface area contributed by atoms with Crippen LogP contribution in [0.25, 0.3) is 11.0 Å². The molecule has 1 saturated heterocycles. The lowest BCUT2D eigenvalue weighted by Gasteiger charge is -2.42. The second kappa shape index (κ2) is 4.51. The van der Waals surface area contributed by atoms with Gasteiger partial charge in [0, 0.05) is 13.1 Å². The number of fused-ring (bicyclic) bond motifs is 1. The monoisotopic (exact) mass is 261 g/mol. The van der Waals surface area contributed by atoms with Crippen molar-refractivity contribution in [3.05, 3.63) is 24.3 Å². The summed E-state index contributed by atoms with van der Waals surface area (Å²) in [6.07, 6.45) is -0.169. The van der Waals surface area contributed by atoms with Crippen molar-refractivity contribution in [3.8, 4) is 0 Å². The number of nitrogens with zero attached hydrogens (tertiary/aromatic N) is 2. The number of nitrogens with one attached hydrogen (secondary N) is 1. The van der Waals surface area contributed by atoms with E-state index in [0.717, 1.165) is 23.5 Å². The van der Waals surface area contributed by atoms with Crippen LogP contribution in [0.2, 0.25) is 0 Å². The van der Waals surface area contributed by atoms with Gasteiger partial charge in [-0.15, -0.1) is 0 Å². The predicted molar refractivity (Wildman–Crippen MR) is 74.3 cm³/mol. The van der Waals surface area contributed by atoms with E-state index in [0.29, 0.717) is 6.54 Å². The van der Waals surface area contributed by atoms with Crippen LogP contribution in [0.1, 0.15) is 13.8 Å². The highest BCUT2D eigenvalue weighted by atomic mass is 16.5. The van der Waals surface area contributed by atoms with Crippen LogP contribution in [0.5, 0.6) is 0 Å². The quantitative estimate of drug-likeness (QED) is 0.861. The second-order valence-corrected chi connectivity index (χ2v) is 5.64. The van der Waals surface area contributed by atoms with Gasteiger partial charge in [-0.05, 0) is 26.0 Å². The average Bonchev–Trinajstić information content (AvgIpc) is 2.80. The van der Waals surface area contributed by atoms with Crippen molar-refractivity contribution in [2.45, 2.75) is 25.6 Å². The molecule has 2 heterocycles. The fourth-order valence-corrected chi connectivity index (χ4v) is 2.64. The summed E-state index contributed by atoms with van der Waals surface area (Å²) < 4.78 is 5.82. The van der Waals surface area contributed by atoms with E-state index in [1.54, 1.807) is 0 Å². The Labute approximate surface area is 112 Å². The largest absolute Gasteiger partial charge is 0.394 e. The molecule has 5 heteroatoms. The molecule has 0 saturated carbocycles. The number of aromatic amines is 1. The minimum atomic E-state index is -0.287. The molecule has 1 aromatic heterocycles. The number of benzene rings is 1. The number of rotatable bonds is 2. The van der Waals surface area contributed by atoms with Gasteiger partial charge in [0.1, 0.15) is 0 Å². The molecule has 1 aliphatic heterocycles. The molecule has 1 atom stereocenters. The number of imidazole rings is 1. The Morgan fingerprint density at radius 3 is 3.00 bits per heavy atom. The molecule has 1 unspecified atom stereocenters. The molecule has 5 nitrogen and oxygen atoms in total. The molecule has 0 spiro atoms. The first-order valence-electron chi connectivity index (χ1n) is 6.56. The zero-order valence-corrected chi connectivity index (χ0v) is 11.3. The first-order valence-corrected chi connectivity index (χ1v) is 6.56. The van der Waals surface area contributed by atoms with E-state index in [4.69, 9.17) is 4.74 Å². The van der Waals surface area contributed by atoms with E-state index < -0.39 is 0 Å². The van der Waals surface area contributed by atoms with E-state index in [1.807, 2.05) is 38.1 Å². The van der Waals surface area contributed by atoms with Gasteiger partial charge in [-0.2, -0.15) is 0 Å². The molecule has 2 N–H and O–H groups in total. The molecule has 1 fully saturated rings. The molecule has 2 aromatic rings. The number of ether oxygens (including phenoxy) is 1. The van der Waals surface area contributed by atoms with E-state index in [2.05, 4.69) is 14.9 Å². The van der Waals surface area contributed by atoms with Crippen LogP contribution in [-0.4, -0.2) is 46.5 Å². The lowest BCUT2D eigenvalue weighted by molar-refractivity contribution is -0.101. The van der Waals surface area contributed by atoms with Crippen LogP contribution >= 0.6 is 0 Å². The Hall–Kier alpha value is -1.59. The third-order valence-corrected chi connectivity index (χ3v) is 3.36. The minimum Gasteiger partial charge on any atom is -0.394 e. The normalized spacial score (nSPS) is 22.9. The Kier molecular flexibility index (Phi) is 2.95. The van der Waals surface area contributed by atoms with Crippen LogP contribution < -0.4 is 4.90 Å². The third-order valence-electron chi connectivity index (χ3n) is 3.36. The molecule has 3 rings (SSSR count). The highest BCUT2D eigenvalue weighted by molar-refractivity contribution is 5.77. The lowest BCUT2D eigenvalue weighted by atomic mass is 10.1. The average molecular weight is 261 g/mol. The fourth-order valence-electron chi connectivity index (χ4n) is 2.64. The third kappa shape index (κ3) is 2.43. The highest BCUT2D eigenvalue weighted by Gasteiger charge is 2.34. The number of anilines is 1. The fraction of sp³-hybridized carbons (Fsp3) is 0.500. The SMILES string of the molecule is CC1(C)CN(c2nc3ccccc3[nH]2)CC(CO)O1. The molecular formula is C14H19N3O2. The second-order valence-electron chi connectivity index (χ2n) is 5.64. The van der Waals surface area contributed by atoms with Crippen LogP contribution in [0, 0.1) is 0 Å². The zero-order chi connectivity index (χ0) is 13.5. The molecule has 0 bridgehead atoms. The minimum absolute atomic E-state index is 0.0279. The molecule has 0 aliphatic carbocycles. The van der Waals surface area contributed by atoms with E-state index in [1.165, 1.54) is 0 Å². The highest BCUT2D eigenvalue weighted by Crippen LogP contribution is 2.25. The number of morpholine rings is 1. The summed E-state index contributed by atoms with van der Waals surface area (Å²) in [6, 6.07) is 7.97. The molecule has 19 heavy (non-hydrogen) atoms. The van der Waals surface area contributed by atoms with Crippen molar-refractivity contribution in [2.24, 2.45) is 0 Å². The maximum Gasteiger partial charge on any atom is 0.204 e. The number of H-pyrrole nitrogens is 1. The maximum absolute atomic E-state index is 9.35. The van der Waals surface area contributed by atoms with Crippen LogP contribution in [0.4, 0.5) is 5.95 Å². The van der Waals surface area contributed by atoms with Crippen LogP contribution in [-0.2, 0) is 4.74 Å². The van der Waals surface area contributed by atoms with Gasteiger partial charge in [0.2, 0.25) is 5.95 Å². The van der Waals surface area contributed by atoms with Crippen molar-refractivity contribution >= 4 is 17.0 Å². The van der Waals surface area contributed by atoms with Crippen LogP contribution in [0.15, 0.2) is 24.3 Å². The topological polar surface area (TPSA) is 61.4 Å². The summed E-state index contributed by atoms with van der Waals surface area (Å²) in [5.41, 5.74) is 1.70. The first-order chi connectivity index (χ1) is 9.07. The number of aliphatic hydroxyl groups excluding tert-OH is 1. The molecule has 1 aliphatic rings. The number of para-hydroxylation sites is 2. The Bertz CT molecular complexity index is 546. The summed E-state index contributed by atoms with van der Waals surface area (Å²) >= 11 is 0. The molecule has 102 valence electrons. The number of hydrogen-bond acceptors (Lipinski definition) is 4. The van der Waals surface area contributed by atoms with Crippen molar-refractivity contribution < 1.29 is 9.84 Å². The molecule has 1 aromatic carbocycles. The van der Waals surface area contributed by atoms with Crippen molar-refractivity contribution in [1.29, 1.82) is 0 Å². The van der Waals surface area contributed by atoms with E-state index >= 15 is 0 Å². The van der Waals surface area contributed by atoms with Gasteiger partial charge < -0.3 is 19.7 Å². The number of aliphatic hydroxyl groups is 1. The Balaban J connectivity index is 1.91. The van der Waals surface area contributed by atoms with Crippen molar-refractivity contribution in [2.75, 3.05) is 24.6 Å². The van der Waals surface area contributed by atoms with Gasteiger partial charge in [-0.25, -0.2) is 4.98 Å². The summed E-state index contributed by atoms with van der Waals surface area (Å²) in [6.45, 7) is 5.50. The van der Waals surface area contributed by atoms with Gasteiger partial charge in [0.05, 0.1) is 29.3 Å². The summed E-state index contributed by atoms with van der Waals surface area (Å²) in [5, 5.41) is 9.35. The molecule has 0 amide bonds. The van der Waals surface area contributed by atoms with Gasteiger partial charge in [-0.3, -0.25) is 0 Å². The summed E-state index contributed by atoms with van der Waals surface area (Å²) in [7, 11) is 0. The van der Waals surface area contributed by atoms with Gasteiger partial charge >= 0.3 is 0 Å². The zero-order valence-electron chi connectivity index (χ0n) is 11.3. The number of hydrogen-bond donors (Lipinski definition) is 2. The van der Waals surface area contributed by atoms with Gasteiger partial charge in [0.25, 0.3) is 0 Å². The molecule has 0 radical (unpaired) electrons. The maximum atomic E-state index is 9.35. The van der Waals surface area contributed by atoms with Crippen molar-refractivity contribution in [3.63, 3.8) is 0 Å². The standard InChI is InChI=1S/C14H19N3O2/c1-14(2)9-17(7-10(8-18)19-14)13-15-11-5-3-4-6-12(11)16-13/h3-6,10,18H,7-9H2,1-2H3,(H,15,16). The van der Waals surface area contributed by atoms with Gasteiger partial charge in [-0.1, -0.05) is 12.1 Å².